The summed E-state index contributed by atoms with van der Waals surface area (Å²) in [6, 6.07) is 12.0. The van der Waals surface area contributed by atoms with E-state index in [1.165, 1.54) is 11.6 Å². The molecule has 14 heteroatoms. The van der Waals surface area contributed by atoms with E-state index in [1.54, 1.807) is 0 Å². The molecule has 2 fully saturated rings. The van der Waals surface area contributed by atoms with Crippen molar-refractivity contribution < 1.29 is 56.3 Å². The van der Waals surface area contributed by atoms with Crippen LogP contribution in [0.4, 0.5) is 25.2 Å². The maximum absolute atomic E-state index is 10.7. The fourth-order valence-corrected chi connectivity index (χ4v) is 2.48. The molecule has 0 N–H and O–H groups in total. The summed E-state index contributed by atoms with van der Waals surface area (Å²) in [4.78, 5) is 9.66. The smallest absolute Gasteiger partial charge is 0.379 e. The summed E-state index contributed by atoms with van der Waals surface area (Å²) >= 11 is 0. The molecule has 1 atom stereocenters. The Bertz CT molecular complexity index is 641. The van der Waals surface area contributed by atoms with E-state index >= 15 is 0 Å². The van der Waals surface area contributed by atoms with E-state index in [9.17, 15) is 25.2 Å². The van der Waals surface area contributed by atoms with E-state index in [1.807, 2.05) is 0 Å². The van der Waals surface area contributed by atoms with Crippen LogP contribution in [0, 0.1) is 49.9 Å². The van der Waals surface area contributed by atoms with Gasteiger partial charge < -0.3 is 4.74 Å². The Kier molecular flexibility index (Phi) is 17.2. The molecule has 0 aromatic heterocycles. The number of rotatable bonds is 2. The van der Waals surface area contributed by atoms with E-state index in [0.717, 1.165) is 26.3 Å². The summed E-state index contributed by atoms with van der Waals surface area (Å²) in [5, 5.41) is 0. The zero-order valence-electron chi connectivity index (χ0n) is 16.2. The van der Waals surface area contributed by atoms with Gasteiger partial charge in [-0.2, -0.15) is 0 Å². The molecule has 0 bridgehead atoms. The summed E-state index contributed by atoms with van der Waals surface area (Å²) in [6.07, 6.45) is 8.97. The van der Waals surface area contributed by atoms with Crippen LogP contribution >= 0.6 is 7.81 Å². The zero-order chi connectivity index (χ0) is 24.6. The van der Waals surface area contributed by atoms with Crippen molar-refractivity contribution in [3.8, 4) is 0 Å². The van der Waals surface area contributed by atoms with Crippen molar-refractivity contribution in [3.63, 3.8) is 0 Å². The Labute approximate surface area is 193 Å². The summed E-state index contributed by atoms with van der Waals surface area (Å²) < 4.78 is 79.6. The largest absolute Gasteiger partial charge is 2.00 e. The van der Waals surface area contributed by atoms with Crippen LogP contribution in [0.15, 0.2) is 30.3 Å². The van der Waals surface area contributed by atoms with Crippen molar-refractivity contribution in [1.29, 1.82) is 0 Å². The van der Waals surface area contributed by atoms with Crippen molar-refractivity contribution >= 4 is 7.81 Å². The van der Waals surface area contributed by atoms with E-state index in [2.05, 4.69) is 74.2 Å². The second-order valence-corrected chi connectivity index (χ2v) is 7.55. The van der Waals surface area contributed by atoms with Crippen LogP contribution < -0.4 is 5.59 Å². The van der Waals surface area contributed by atoms with Crippen molar-refractivity contribution in [2.45, 2.75) is 5.92 Å². The van der Waals surface area contributed by atoms with Gasteiger partial charge in [0.25, 0.3) is 0 Å². The van der Waals surface area contributed by atoms with Crippen molar-refractivity contribution in [2.24, 2.45) is 0 Å². The minimum atomic E-state index is -10.7. The van der Waals surface area contributed by atoms with Gasteiger partial charge in [-0.25, -0.2) is 0 Å². The number of hydrogen-bond donors (Lipinski definition) is 0. The predicted octanol–water partition coefficient (Wildman–Crippen LogP) is 5.32. The number of morpholine rings is 1. The van der Waals surface area contributed by atoms with Gasteiger partial charge in [-0.3, -0.25) is 4.90 Å². The van der Waals surface area contributed by atoms with Gasteiger partial charge in [0.2, 0.25) is 0 Å². The molecular weight excluding hydrogens is 508 g/mol. The first-order chi connectivity index (χ1) is 14.4. The third kappa shape index (κ3) is 20.6. The Morgan fingerprint density at radius 2 is 1.38 bits per heavy atom. The first kappa shape index (κ1) is 35.3. The minimum Gasteiger partial charge on any atom is -0.379 e. The molecule has 32 heavy (non-hydrogen) atoms. The topological polar surface area (TPSA) is 91.6 Å². The summed E-state index contributed by atoms with van der Waals surface area (Å²) in [6.45, 7) is 12.7. The first-order valence-corrected chi connectivity index (χ1v) is 10.2. The number of halogens is 6. The van der Waals surface area contributed by atoms with Crippen molar-refractivity contribution in [2.75, 3.05) is 26.3 Å². The number of ether oxygens (including phenoxy) is 1. The zero-order valence-corrected chi connectivity index (χ0v) is 18.3. The molecule has 3 rings (SSSR count). The molecule has 1 saturated heterocycles. The molecule has 1 aromatic rings. The monoisotopic (exact) mass is 526 g/mol. The van der Waals surface area contributed by atoms with Crippen LogP contribution in [0.2, 0.25) is 0 Å². The maximum atomic E-state index is 9.87. The van der Waals surface area contributed by atoms with Crippen molar-refractivity contribution in [1.82, 2.24) is 10.5 Å². The number of hydrogen-bond acceptors (Lipinski definition) is 3. The van der Waals surface area contributed by atoms with Gasteiger partial charge in [0.05, 0.1) is 13.2 Å². The SMILES string of the molecule is F[P-](F)(F)(F)(F)F.[C-]#[O+].[C-]#[O+].[CH]1[CH][C](N2CCOCC2)[CH]C(c2ccccc2)[CH]1.[Mn+2].[N]=O. The molecule has 1 aromatic carbocycles. The average Bonchev–Trinajstić information content (AvgIpc) is 2.77. The minimum absolute atomic E-state index is 0. The van der Waals surface area contributed by atoms with Gasteiger partial charge in [0, 0.05) is 19.1 Å². The molecule has 2 aliphatic rings. The van der Waals surface area contributed by atoms with Crippen LogP contribution in [-0.2, 0) is 31.1 Å². The fourth-order valence-electron chi connectivity index (χ4n) is 2.48. The molecule has 7 radical (unpaired) electrons. The number of nitroso groups, excluding NO2 is 1. The predicted molar refractivity (Wildman–Crippen MR) is 98.9 cm³/mol. The fraction of sp³-hybridized carbons (Fsp3) is 0.278. The quantitative estimate of drug-likeness (QED) is 0.172. The third-order valence-electron chi connectivity index (χ3n) is 3.50. The van der Waals surface area contributed by atoms with E-state index in [0.29, 0.717) is 5.92 Å². The van der Waals surface area contributed by atoms with E-state index < -0.39 is 7.81 Å². The molecule has 1 heterocycles. The normalized spacial score (nSPS) is 20.6. The van der Waals surface area contributed by atoms with E-state index in [4.69, 9.17) is 24.5 Å². The van der Waals surface area contributed by atoms with Gasteiger partial charge in [-0.15, -0.1) is 4.91 Å². The Morgan fingerprint density at radius 1 is 0.938 bits per heavy atom. The summed E-state index contributed by atoms with van der Waals surface area (Å²) in [5.41, 5.74) is 7.10. The van der Waals surface area contributed by atoms with Gasteiger partial charge in [-0.05, 0) is 37.2 Å². The molecular formula is C18H18F6MnN2O4P+. The standard InChI is InChI=1S/C16H18NO.2CO.F6P.Mn.NO/c1-2-5-14(6-3-1)15-7-4-8-16(13-15)17-9-11-18-12-10-17;2*1-2;1-7(2,3,4,5)6;;1-2/h1-8,13,15H,9-12H2;;;;;/q;;;-1;+2;. The van der Waals surface area contributed by atoms with Crippen LogP contribution in [0.3, 0.4) is 0 Å². The van der Waals surface area contributed by atoms with E-state index in [-0.39, 0.29) is 17.1 Å². The van der Waals surface area contributed by atoms with Crippen LogP contribution in [-0.4, -0.2) is 31.2 Å². The van der Waals surface area contributed by atoms with Crippen molar-refractivity contribution in [3.05, 3.63) is 85.8 Å². The van der Waals surface area contributed by atoms with Crippen LogP contribution in [0.25, 0.3) is 0 Å². The Hall–Kier alpha value is -1.25. The summed E-state index contributed by atoms with van der Waals surface area (Å²) in [5.74, 6) is 0.397. The molecule has 0 amide bonds. The first-order valence-electron chi connectivity index (χ1n) is 8.15. The third-order valence-corrected chi connectivity index (χ3v) is 3.50. The Morgan fingerprint density at radius 3 is 1.81 bits per heavy atom. The molecule has 1 saturated carbocycles. The van der Waals surface area contributed by atoms with Gasteiger partial charge in [0.15, 0.2) is 0 Å². The summed E-state index contributed by atoms with van der Waals surface area (Å²) in [7, 11) is -10.7. The molecule has 177 valence electrons. The number of benzene rings is 1. The van der Waals surface area contributed by atoms with Crippen LogP contribution in [0.1, 0.15) is 11.5 Å². The van der Waals surface area contributed by atoms with Crippen LogP contribution in [0.5, 0.6) is 0 Å². The average molecular weight is 526 g/mol. The van der Waals surface area contributed by atoms with Gasteiger partial charge >= 0.3 is 72.7 Å². The second kappa shape index (κ2) is 15.6. The van der Waals surface area contributed by atoms with Gasteiger partial charge in [0.1, 0.15) is 5.59 Å². The molecule has 1 unspecified atom stereocenters. The molecule has 1 aliphatic heterocycles. The maximum Gasteiger partial charge on any atom is 2.00 e. The molecule has 0 spiro atoms. The second-order valence-electron chi connectivity index (χ2n) is 5.64. The molecule has 6 nitrogen and oxygen atoms in total. The van der Waals surface area contributed by atoms with Gasteiger partial charge in [-0.1, -0.05) is 30.3 Å². The number of nitrogens with zero attached hydrogens (tertiary/aromatic N) is 2. The molecule has 1 aliphatic carbocycles. The Balaban J connectivity index is -0.000000513.